The van der Waals surface area contributed by atoms with E-state index in [1.54, 1.807) is 12.1 Å². The summed E-state index contributed by atoms with van der Waals surface area (Å²) in [6, 6.07) is 4.44. The van der Waals surface area contributed by atoms with Crippen molar-refractivity contribution in [3.05, 3.63) is 35.5 Å². The highest BCUT2D eigenvalue weighted by Crippen LogP contribution is 2.20. The number of nitrogens with zero attached hydrogens (tertiary/aromatic N) is 1. The van der Waals surface area contributed by atoms with Crippen LogP contribution in [0, 0.1) is 0 Å². The molecule has 7 nitrogen and oxygen atoms in total. The first-order valence-electron chi connectivity index (χ1n) is 7.30. The van der Waals surface area contributed by atoms with Crippen molar-refractivity contribution in [2.75, 3.05) is 11.1 Å². The Labute approximate surface area is 134 Å². The number of benzene rings is 1. The largest absolute Gasteiger partial charge is 0.342 e. The molecule has 0 saturated carbocycles. The number of urea groups is 1. The van der Waals surface area contributed by atoms with Gasteiger partial charge in [0.05, 0.1) is 22.8 Å². The van der Waals surface area contributed by atoms with Crippen LogP contribution in [0.2, 0.25) is 0 Å². The fraction of sp³-hybridized carbons (Fsp3) is 0.333. The molecule has 2 amide bonds. The molecule has 2 heterocycles. The van der Waals surface area contributed by atoms with Crippen LogP contribution in [0.5, 0.6) is 0 Å². The monoisotopic (exact) mass is 334 g/mol. The molecule has 23 heavy (non-hydrogen) atoms. The molecule has 0 saturated heterocycles. The molecule has 1 aromatic carbocycles. The molecular formula is C15H18N4O3S. The number of imidazole rings is 1. The van der Waals surface area contributed by atoms with Crippen LogP contribution in [0.4, 0.5) is 10.5 Å². The van der Waals surface area contributed by atoms with E-state index in [1.165, 1.54) is 6.08 Å². The molecule has 1 aromatic heterocycles. The van der Waals surface area contributed by atoms with Crippen LogP contribution in [-0.2, 0) is 9.84 Å². The van der Waals surface area contributed by atoms with Crippen molar-refractivity contribution in [1.29, 1.82) is 0 Å². The number of carbonyl (C=O) groups excluding carboxylic acids is 1. The number of aromatic amines is 1. The Morgan fingerprint density at radius 3 is 2.83 bits per heavy atom. The summed E-state index contributed by atoms with van der Waals surface area (Å²) in [6.45, 7) is 4.10. The average Bonchev–Trinajstić information content (AvgIpc) is 3.01. The normalized spacial score (nSPS) is 19.3. The lowest BCUT2D eigenvalue weighted by molar-refractivity contribution is 0.251. The maximum absolute atomic E-state index is 12.0. The fourth-order valence-electron chi connectivity index (χ4n) is 2.38. The van der Waals surface area contributed by atoms with E-state index in [2.05, 4.69) is 20.6 Å². The zero-order valence-corrected chi connectivity index (χ0v) is 13.6. The molecule has 122 valence electrons. The first-order chi connectivity index (χ1) is 10.8. The summed E-state index contributed by atoms with van der Waals surface area (Å²) >= 11 is 0. The van der Waals surface area contributed by atoms with Crippen molar-refractivity contribution in [2.24, 2.45) is 0 Å². The second kappa shape index (κ2) is 5.69. The van der Waals surface area contributed by atoms with Gasteiger partial charge in [-0.25, -0.2) is 18.2 Å². The Bertz CT molecular complexity index is 883. The zero-order chi connectivity index (χ0) is 16.6. The number of fused-ring (bicyclic) bond motifs is 1. The van der Waals surface area contributed by atoms with Gasteiger partial charge in [-0.15, -0.1) is 0 Å². The molecule has 0 unspecified atom stereocenters. The number of rotatable bonds is 3. The van der Waals surface area contributed by atoms with Crippen LogP contribution in [0.15, 0.2) is 29.7 Å². The van der Waals surface area contributed by atoms with Gasteiger partial charge in [0.15, 0.2) is 9.84 Å². The minimum absolute atomic E-state index is 0.0995. The summed E-state index contributed by atoms with van der Waals surface area (Å²) in [7, 11) is -3.18. The third-order valence-electron chi connectivity index (χ3n) is 3.55. The van der Waals surface area contributed by atoms with Crippen LogP contribution in [-0.4, -0.2) is 36.2 Å². The first-order valence-corrected chi connectivity index (χ1v) is 9.02. The lowest BCUT2D eigenvalue weighted by Gasteiger charge is -2.11. The summed E-state index contributed by atoms with van der Waals surface area (Å²) in [5.41, 5.74) is 2.29. The number of hydrogen-bond donors (Lipinski definition) is 3. The zero-order valence-electron chi connectivity index (χ0n) is 12.8. The molecule has 0 radical (unpaired) electrons. The van der Waals surface area contributed by atoms with Crippen molar-refractivity contribution in [3.63, 3.8) is 0 Å². The topological polar surface area (TPSA) is 104 Å². The number of anilines is 1. The Balaban J connectivity index is 1.69. The van der Waals surface area contributed by atoms with Crippen LogP contribution < -0.4 is 10.6 Å². The molecule has 0 aliphatic carbocycles. The highest BCUT2D eigenvalue weighted by molar-refractivity contribution is 7.94. The number of nitrogens with one attached hydrogen (secondary N) is 3. The highest BCUT2D eigenvalue weighted by atomic mass is 32.2. The van der Waals surface area contributed by atoms with E-state index in [0.717, 1.165) is 22.3 Å². The lowest BCUT2D eigenvalue weighted by Crippen LogP contribution is -2.38. The maximum atomic E-state index is 12.0. The van der Waals surface area contributed by atoms with E-state index in [1.807, 2.05) is 19.9 Å². The molecule has 2 aromatic rings. The molecule has 0 bridgehead atoms. The van der Waals surface area contributed by atoms with Gasteiger partial charge in [0.25, 0.3) is 0 Å². The van der Waals surface area contributed by atoms with Crippen molar-refractivity contribution in [1.82, 2.24) is 15.3 Å². The lowest BCUT2D eigenvalue weighted by atomic mass is 10.2. The SMILES string of the molecule is CC(C)c1nc2ccc(NC(=O)N[C@@H]3C=CS(=O)(=O)C3)cc2[nH]1. The quantitative estimate of drug-likeness (QED) is 0.799. The molecule has 3 rings (SSSR count). The predicted octanol–water partition coefficient (Wildman–Crippen LogP) is 2.12. The molecule has 8 heteroatoms. The number of sulfone groups is 1. The first kappa shape index (κ1) is 15.5. The Morgan fingerprint density at radius 1 is 1.39 bits per heavy atom. The molecular weight excluding hydrogens is 316 g/mol. The number of amides is 2. The smallest absolute Gasteiger partial charge is 0.319 e. The number of aromatic nitrogens is 2. The van der Waals surface area contributed by atoms with Gasteiger partial charge in [0, 0.05) is 17.0 Å². The summed E-state index contributed by atoms with van der Waals surface area (Å²) in [4.78, 5) is 19.6. The predicted molar refractivity (Wildman–Crippen MR) is 89.1 cm³/mol. The summed E-state index contributed by atoms with van der Waals surface area (Å²) in [6.07, 6.45) is 1.47. The molecule has 1 atom stereocenters. The minimum Gasteiger partial charge on any atom is -0.342 e. The van der Waals surface area contributed by atoms with E-state index in [0.29, 0.717) is 11.6 Å². The number of H-pyrrole nitrogens is 1. The Morgan fingerprint density at radius 2 is 2.17 bits per heavy atom. The third kappa shape index (κ3) is 3.53. The van der Waals surface area contributed by atoms with Crippen molar-refractivity contribution in [3.8, 4) is 0 Å². The van der Waals surface area contributed by atoms with Crippen LogP contribution >= 0.6 is 0 Å². The summed E-state index contributed by atoms with van der Waals surface area (Å²) in [5, 5.41) is 6.44. The van der Waals surface area contributed by atoms with Crippen LogP contribution in [0.25, 0.3) is 11.0 Å². The molecule has 1 aliphatic heterocycles. The van der Waals surface area contributed by atoms with Crippen LogP contribution in [0.3, 0.4) is 0 Å². The Hall–Kier alpha value is -2.35. The number of hydrogen-bond acceptors (Lipinski definition) is 4. The van der Waals surface area contributed by atoms with Gasteiger partial charge in [-0.2, -0.15) is 0 Å². The molecule has 1 aliphatic rings. The van der Waals surface area contributed by atoms with E-state index >= 15 is 0 Å². The molecule has 0 spiro atoms. The van der Waals surface area contributed by atoms with Gasteiger partial charge >= 0.3 is 6.03 Å². The second-order valence-corrected chi connectivity index (χ2v) is 7.80. The van der Waals surface area contributed by atoms with Gasteiger partial charge in [-0.05, 0) is 24.3 Å². The third-order valence-corrected chi connectivity index (χ3v) is 4.95. The van der Waals surface area contributed by atoms with E-state index in [-0.39, 0.29) is 5.75 Å². The van der Waals surface area contributed by atoms with Crippen LogP contribution in [0.1, 0.15) is 25.6 Å². The summed E-state index contributed by atoms with van der Waals surface area (Å²) in [5.74, 6) is 1.08. The standard InChI is InChI=1S/C15H18N4O3S/c1-9(2)14-18-12-4-3-10(7-13(12)19-14)16-15(20)17-11-5-6-23(21,22)8-11/h3-7,9,11H,8H2,1-2H3,(H,18,19)(H2,16,17,20)/t11-/m1/s1. The van der Waals surface area contributed by atoms with Crippen molar-refractivity contribution in [2.45, 2.75) is 25.8 Å². The molecule has 3 N–H and O–H groups in total. The van der Waals surface area contributed by atoms with Crippen molar-refractivity contribution < 1.29 is 13.2 Å². The van der Waals surface area contributed by atoms with Gasteiger partial charge in [0.2, 0.25) is 0 Å². The van der Waals surface area contributed by atoms with Gasteiger partial charge < -0.3 is 15.6 Å². The fourth-order valence-corrected chi connectivity index (χ4v) is 3.62. The van der Waals surface area contributed by atoms with Crippen molar-refractivity contribution >= 4 is 32.6 Å². The average molecular weight is 334 g/mol. The van der Waals surface area contributed by atoms with Gasteiger partial charge in [-0.3, -0.25) is 0 Å². The maximum Gasteiger partial charge on any atom is 0.319 e. The summed E-state index contributed by atoms with van der Waals surface area (Å²) < 4.78 is 22.6. The Kier molecular flexibility index (Phi) is 3.85. The highest BCUT2D eigenvalue weighted by Gasteiger charge is 2.23. The molecule has 0 fully saturated rings. The minimum atomic E-state index is -3.18. The van der Waals surface area contributed by atoms with E-state index in [9.17, 15) is 13.2 Å². The van der Waals surface area contributed by atoms with Gasteiger partial charge in [-0.1, -0.05) is 13.8 Å². The van der Waals surface area contributed by atoms with Gasteiger partial charge in [0.1, 0.15) is 5.82 Å². The number of carbonyl (C=O) groups is 1. The second-order valence-electron chi connectivity index (χ2n) is 5.87. The van der Waals surface area contributed by atoms with E-state index in [4.69, 9.17) is 0 Å². The van der Waals surface area contributed by atoms with E-state index < -0.39 is 21.9 Å².